The van der Waals surface area contributed by atoms with Crippen LogP contribution >= 0.6 is 23.5 Å². The number of carboxylic acids is 1. The number of rotatable bonds is 5. The molecule has 0 saturated carbocycles. The van der Waals surface area contributed by atoms with Gasteiger partial charge < -0.3 is 9.67 Å². The standard InChI is InChI=1S/C13H15N3O2S2/c17-12(18)8-20-13-15-10-5-14-3-1-11(10)16(13)6-9-2-4-19-7-9/h1,3,5,9H,2,4,6-8H2,(H,17,18). The zero-order valence-corrected chi connectivity index (χ0v) is 12.5. The zero-order chi connectivity index (χ0) is 13.9. The molecule has 2 aromatic rings. The van der Waals surface area contributed by atoms with Crippen molar-refractivity contribution in [1.29, 1.82) is 0 Å². The molecule has 1 N–H and O–H groups in total. The number of carboxylic acid groups (broad SMARTS) is 1. The highest BCUT2D eigenvalue weighted by Gasteiger charge is 2.20. The number of imidazole rings is 1. The molecule has 0 aliphatic carbocycles. The summed E-state index contributed by atoms with van der Waals surface area (Å²) >= 11 is 3.27. The van der Waals surface area contributed by atoms with E-state index in [0.717, 1.165) is 22.7 Å². The Morgan fingerprint density at radius 1 is 1.60 bits per heavy atom. The van der Waals surface area contributed by atoms with Gasteiger partial charge in [-0.2, -0.15) is 11.8 Å². The SMILES string of the molecule is O=C(O)CSc1nc2cnccc2n1CC1CCSC1. The predicted molar refractivity (Wildman–Crippen MR) is 81.3 cm³/mol. The first-order chi connectivity index (χ1) is 9.74. The first kappa shape index (κ1) is 13.8. The molecule has 0 amide bonds. The fourth-order valence-electron chi connectivity index (χ4n) is 2.36. The van der Waals surface area contributed by atoms with Gasteiger partial charge in [0.05, 0.1) is 17.5 Å². The summed E-state index contributed by atoms with van der Waals surface area (Å²) in [6.45, 7) is 0.912. The van der Waals surface area contributed by atoms with E-state index in [0.29, 0.717) is 5.92 Å². The lowest BCUT2D eigenvalue weighted by Gasteiger charge is -2.12. The first-order valence-corrected chi connectivity index (χ1v) is 8.60. The van der Waals surface area contributed by atoms with Gasteiger partial charge in [-0.05, 0) is 29.9 Å². The summed E-state index contributed by atoms with van der Waals surface area (Å²) in [7, 11) is 0. The number of thioether (sulfide) groups is 2. The van der Waals surface area contributed by atoms with Crippen LogP contribution in [0.15, 0.2) is 23.6 Å². The van der Waals surface area contributed by atoms with Gasteiger partial charge in [0.15, 0.2) is 5.16 Å². The molecule has 1 atom stereocenters. The van der Waals surface area contributed by atoms with Gasteiger partial charge in [-0.1, -0.05) is 11.8 Å². The Labute approximate surface area is 125 Å². The number of aromatic nitrogens is 3. The molecule has 0 bridgehead atoms. The van der Waals surface area contributed by atoms with Crippen LogP contribution in [0.3, 0.4) is 0 Å². The van der Waals surface area contributed by atoms with E-state index in [-0.39, 0.29) is 5.75 Å². The van der Waals surface area contributed by atoms with Gasteiger partial charge in [-0.15, -0.1) is 0 Å². The Bertz CT molecular complexity index is 623. The van der Waals surface area contributed by atoms with Crippen LogP contribution in [0.4, 0.5) is 0 Å². The molecule has 0 spiro atoms. The average molecular weight is 309 g/mol. The Hall–Kier alpha value is -1.21. The van der Waals surface area contributed by atoms with Crippen LogP contribution in [0.5, 0.6) is 0 Å². The van der Waals surface area contributed by atoms with Crippen LogP contribution < -0.4 is 0 Å². The second-order valence-electron chi connectivity index (χ2n) is 4.78. The number of hydrogen-bond donors (Lipinski definition) is 1. The highest BCUT2D eigenvalue weighted by molar-refractivity contribution is 7.99. The highest BCUT2D eigenvalue weighted by Crippen LogP contribution is 2.29. The van der Waals surface area contributed by atoms with Crippen molar-refractivity contribution >= 4 is 40.5 Å². The molecule has 7 heteroatoms. The lowest BCUT2D eigenvalue weighted by atomic mass is 10.1. The summed E-state index contributed by atoms with van der Waals surface area (Å²) < 4.78 is 2.15. The number of pyridine rings is 1. The van der Waals surface area contributed by atoms with E-state index in [4.69, 9.17) is 5.11 Å². The molecule has 1 aliphatic heterocycles. The van der Waals surface area contributed by atoms with Crippen molar-refractivity contribution in [2.24, 2.45) is 5.92 Å². The molecule has 3 rings (SSSR count). The average Bonchev–Trinajstić information content (AvgIpc) is 3.05. The summed E-state index contributed by atoms with van der Waals surface area (Å²) in [4.78, 5) is 19.4. The van der Waals surface area contributed by atoms with E-state index in [1.807, 2.05) is 17.8 Å². The van der Waals surface area contributed by atoms with Crippen LogP contribution in [0.25, 0.3) is 11.0 Å². The molecule has 5 nitrogen and oxygen atoms in total. The largest absolute Gasteiger partial charge is 0.481 e. The maximum absolute atomic E-state index is 10.8. The normalized spacial score (nSPS) is 18.7. The smallest absolute Gasteiger partial charge is 0.313 e. The van der Waals surface area contributed by atoms with Crippen LogP contribution in [-0.4, -0.2) is 42.9 Å². The van der Waals surface area contributed by atoms with Crippen LogP contribution in [-0.2, 0) is 11.3 Å². The molecule has 0 radical (unpaired) electrons. The molecular weight excluding hydrogens is 294 g/mol. The highest BCUT2D eigenvalue weighted by atomic mass is 32.2. The van der Waals surface area contributed by atoms with Crippen molar-refractivity contribution in [1.82, 2.24) is 14.5 Å². The third-order valence-electron chi connectivity index (χ3n) is 3.31. The minimum atomic E-state index is -0.817. The fraction of sp³-hybridized carbons (Fsp3) is 0.462. The van der Waals surface area contributed by atoms with E-state index in [2.05, 4.69) is 14.5 Å². The van der Waals surface area contributed by atoms with Gasteiger partial charge in [-0.3, -0.25) is 9.78 Å². The van der Waals surface area contributed by atoms with Crippen molar-refractivity contribution in [3.8, 4) is 0 Å². The topological polar surface area (TPSA) is 68.0 Å². The third kappa shape index (κ3) is 2.93. The van der Waals surface area contributed by atoms with Crippen LogP contribution in [0.1, 0.15) is 6.42 Å². The molecular formula is C13H15N3O2S2. The molecule has 20 heavy (non-hydrogen) atoms. The molecule has 106 valence electrons. The van der Waals surface area contributed by atoms with E-state index >= 15 is 0 Å². The maximum Gasteiger partial charge on any atom is 0.313 e. The molecule has 1 fully saturated rings. The Balaban J connectivity index is 1.91. The van der Waals surface area contributed by atoms with Crippen LogP contribution in [0, 0.1) is 5.92 Å². The minimum Gasteiger partial charge on any atom is -0.481 e. The Morgan fingerprint density at radius 3 is 3.25 bits per heavy atom. The zero-order valence-electron chi connectivity index (χ0n) is 10.9. The number of fused-ring (bicyclic) bond motifs is 1. The van der Waals surface area contributed by atoms with Crippen molar-refractivity contribution in [2.45, 2.75) is 18.1 Å². The van der Waals surface area contributed by atoms with E-state index in [9.17, 15) is 4.79 Å². The van der Waals surface area contributed by atoms with Gasteiger partial charge in [0.25, 0.3) is 0 Å². The second kappa shape index (κ2) is 6.05. The summed E-state index contributed by atoms with van der Waals surface area (Å²) in [6.07, 6.45) is 4.72. The third-order valence-corrected chi connectivity index (χ3v) is 5.50. The van der Waals surface area contributed by atoms with Gasteiger partial charge in [0.1, 0.15) is 5.52 Å². The second-order valence-corrected chi connectivity index (χ2v) is 6.87. The van der Waals surface area contributed by atoms with Gasteiger partial charge >= 0.3 is 5.97 Å². The molecule has 2 aromatic heterocycles. The first-order valence-electron chi connectivity index (χ1n) is 6.46. The monoisotopic (exact) mass is 309 g/mol. The Morgan fingerprint density at radius 2 is 2.50 bits per heavy atom. The van der Waals surface area contributed by atoms with Crippen molar-refractivity contribution in [3.63, 3.8) is 0 Å². The van der Waals surface area contributed by atoms with Crippen LogP contribution in [0.2, 0.25) is 0 Å². The van der Waals surface area contributed by atoms with E-state index in [1.165, 1.54) is 29.7 Å². The number of carbonyl (C=O) groups is 1. The minimum absolute atomic E-state index is 0.0379. The molecule has 0 aromatic carbocycles. The number of nitrogens with zero attached hydrogens (tertiary/aromatic N) is 3. The lowest BCUT2D eigenvalue weighted by molar-refractivity contribution is -0.133. The molecule has 1 saturated heterocycles. The van der Waals surface area contributed by atoms with Crippen molar-refractivity contribution in [2.75, 3.05) is 17.3 Å². The van der Waals surface area contributed by atoms with Gasteiger partial charge in [0, 0.05) is 12.7 Å². The lowest BCUT2D eigenvalue weighted by Crippen LogP contribution is -2.11. The van der Waals surface area contributed by atoms with E-state index in [1.54, 1.807) is 12.4 Å². The molecule has 3 heterocycles. The quantitative estimate of drug-likeness (QED) is 0.855. The van der Waals surface area contributed by atoms with Gasteiger partial charge in [-0.25, -0.2) is 4.98 Å². The predicted octanol–water partition coefficient (Wildman–Crippen LogP) is 2.36. The number of aliphatic carboxylic acids is 1. The maximum atomic E-state index is 10.8. The summed E-state index contributed by atoms with van der Waals surface area (Å²) in [5.74, 6) is 2.26. The van der Waals surface area contributed by atoms with E-state index < -0.39 is 5.97 Å². The molecule has 1 aliphatic rings. The number of hydrogen-bond acceptors (Lipinski definition) is 5. The Kier molecular flexibility index (Phi) is 4.16. The van der Waals surface area contributed by atoms with Crippen molar-refractivity contribution < 1.29 is 9.90 Å². The molecule has 1 unspecified atom stereocenters. The fourth-order valence-corrected chi connectivity index (χ4v) is 4.37. The summed E-state index contributed by atoms with van der Waals surface area (Å²) in [6, 6.07) is 1.95. The summed E-state index contributed by atoms with van der Waals surface area (Å²) in [5.41, 5.74) is 1.89. The van der Waals surface area contributed by atoms with Gasteiger partial charge in [0.2, 0.25) is 0 Å². The van der Waals surface area contributed by atoms with Crippen molar-refractivity contribution in [3.05, 3.63) is 18.5 Å². The summed E-state index contributed by atoms with van der Waals surface area (Å²) in [5, 5.41) is 9.64.